The van der Waals surface area contributed by atoms with Crippen LogP contribution in [0.15, 0.2) is 42.5 Å². The number of methoxy groups -OCH3 is 1. The number of aryl methyl sites for hydroxylation is 1. The zero-order valence-corrected chi connectivity index (χ0v) is 15.6. The van der Waals surface area contributed by atoms with Crippen LogP contribution in [0.3, 0.4) is 0 Å². The molecule has 4 rings (SSSR count). The van der Waals surface area contributed by atoms with E-state index in [0.717, 1.165) is 29.0 Å². The monoisotopic (exact) mass is 365 g/mol. The quantitative estimate of drug-likeness (QED) is 0.772. The Morgan fingerprint density at radius 2 is 2.11 bits per heavy atom. The molecule has 3 aromatic rings. The molecule has 0 spiro atoms. The van der Waals surface area contributed by atoms with Gasteiger partial charge in [-0.1, -0.05) is 12.1 Å². The Labute approximate surface area is 158 Å². The van der Waals surface area contributed by atoms with E-state index in [9.17, 15) is 4.79 Å². The zero-order chi connectivity index (χ0) is 18.8. The molecular formula is C21H23N3O3. The Morgan fingerprint density at radius 1 is 1.30 bits per heavy atom. The summed E-state index contributed by atoms with van der Waals surface area (Å²) in [5.74, 6) is 1.72. The Balaban J connectivity index is 1.45. The predicted molar refractivity (Wildman–Crippen MR) is 103 cm³/mol. The van der Waals surface area contributed by atoms with Gasteiger partial charge in [0.2, 0.25) is 0 Å². The number of imidazole rings is 1. The number of H-pyrrole nitrogens is 1. The third-order valence-corrected chi connectivity index (χ3v) is 4.90. The topological polar surface area (TPSA) is 67.5 Å². The molecule has 0 aliphatic carbocycles. The molecule has 6 nitrogen and oxygen atoms in total. The summed E-state index contributed by atoms with van der Waals surface area (Å²) in [6, 6.07) is 13.6. The first-order valence-electron chi connectivity index (χ1n) is 9.12. The number of aromatic amines is 1. The number of hydrogen-bond donors (Lipinski definition) is 1. The van der Waals surface area contributed by atoms with Crippen molar-refractivity contribution in [3.8, 4) is 5.75 Å². The molecule has 1 atom stereocenters. The van der Waals surface area contributed by atoms with Crippen LogP contribution in [0.4, 0.5) is 0 Å². The van der Waals surface area contributed by atoms with Gasteiger partial charge < -0.3 is 19.4 Å². The highest BCUT2D eigenvalue weighted by molar-refractivity contribution is 5.97. The molecule has 0 saturated carbocycles. The number of carbonyl (C=O) groups is 1. The fraction of sp³-hybridized carbons (Fsp3) is 0.333. The van der Waals surface area contributed by atoms with Crippen LogP contribution in [0.25, 0.3) is 11.0 Å². The van der Waals surface area contributed by atoms with Crippen LogP contribution in [0.5, 0.6) is 5.75 Å². The maximum atomic E-state index is 13.0. The number of benzene rings is 2. The lowest BCUT2D eigenvalue weighted by molar-refractivity contribution is -0.0208. The van der Waals surface area contributed by atoms with E-state index in [1.807, 2.05) is 54.3 Å². The summed E-state index contributed by atoms with van der Waals surface area (Å²) in [5, 5.41) is 0. The fourth-order valence-corrected chi connectivity index (χ4v) is 3.50. The number of nitrogens with one attached hydrogen (secondary N) is 1. The van der Waals surface area contributed by atoms with E-state index in [-0.39, 0.29) is 12.0 Å². The van der Waals surface area contributed by atoms with E-state index in [2.05, 4.69) is 9.97 Å². The lowest BCUT2D eigenvalue weighted by Gasteiger charge is -2.33. The van der Waals surface area contributed by atoms with Crippen LogP contribution in [0, 0.1) is 6.92 Å². The first-order chi connectivity index (χ1) is 13.1. The van der Waals surface area contributed by atoms with Crippen molar-refractivity contribution in [2.24, 2.45) is 0 Å². The summed E-state index contributed by atoms with van der Waals surface area (Å²) >= 11 is 0. The van der Waals surface area contributed by atoms with Gasteiger partial charge in [-0.3, -0.25) is 4.79 Å². The summed E-state index contributed by atoms with van der Waals surface area (Å²) in [6.07, 6.45) is 0.765. The summed E-state index contributed by atoms with van der Waals surface area (Å²) < 4.78 is 11.1. The van der Waals surface area contributed by atoms with Gasteiger partial charge in [-0.25, -0.2) is 4.98 Å². The van der Waals surface area contributed by atoms with E-state index in [1.165, 1.54) is 5.56 Å². The van der Waals surface area contributed by atoms with Crippen molar-refractivity contribution >= 4 is 16.9 Å². The molecule has 0 bridgehead atoms. The van der Waals surface area contributed by atoms with Gasteiger partial charge in [-0.2, -0.15) is 0 Å². The van der Waals surface area contributed by atoms with Gasteiger partial charge in [0.1, 0.15) is 11.6 Å². The van der Waals surface area contributed by atoms with Crippen molar-refractivity contribution in [2.45, 2.75) is 19.4 Å². The standard InChI is InChI=1S/C21H23N3O3/c1-14-22-19-8-5-16(12-20(19)23-14)21(25)24-9-10-27-18(13-24)11-15-3-6-17(26-2)7-4-15/h3-8,12,18H,9-11,13H2,1-2H3,(H,22,23). The Bertz CT molecular complexity index is 949. The first kappa shape index (κ1) is 17.5. The maximum absolute atomic E-state index is 13.0. The highest BCUT2D eigenvalue weighted by Gasteiger charge is 2.25. The van der Waals surface area contributed by atoms with Crippen LogP contribution in [-0.4, -0.2) is 53.7 Å². The highest BCUT2D eigenvalue weighted by atomic mass is 16.5. The zero-order valence-electron chi connectivity index (χ0n) is 15.6. The average molecular weight is 365 g/mol. The van der Waals surface area contributed by atoms with Crippen LogP contribution < -0.4 is 4.74 Å². The molecule has 1 fully saturated rings. The van der Waals surface area contributed by atoms with Gasteiger partial charge in [0.05, 0.1) is 30.9 Å². The molecule has 27 heavy (non-hydrogen) atoms. The van der Waals surface area contributed by atoms with Gasteiger partial charge in [0, 0.05) is 25.1 Å². The van der Waals surface area contributed by atoms with Gasteiger partial charge >= 0.3 is 0 Å². The van der Waals surface area contributed by atoms with E-state index in [4.69, 9.17) is 9.47 Å². The predicted octanol–water partition coefficient (Wildman–Crippen LogP) is 2.96. The van der Waals surface area contributed by atoms with E-state index >= 15 is 0 Å². The van der Waals surface area contributed by atoms with Gasteiger partial charge in [0.15, 0.2) is 0 Å². The third kappa shape index (κ3) is 3.80. The van der Waals surface area contributed by atoms with Crippen molar-refractivity contribution in [2.75, 3.05) is 26.8 Å². The Morgan fingerprint density at radius 3 is 2.89 bits per heavy atom. The molecular weight excluding hydrogens is 342 g/mol. The molecule has 1 aromatic heterocycles. The Hall–Kier alpha value is -2.86. The largest absolute Gasteiger partial charge is 0.497 e. The van der Waals surface area contributed by atoms with E-state index in [1.54, 1.807) is 7.11 Å². The lowest BCUT2D eigenvalue weighted by atomic mass is 10.1. The second-order valence-corrected chi connectivity index (χ2v) is 6.85. The molecule has 1 aliphatic heterocycles. The lowest BCUT2D eigenvalue weighted by Crippen LogP contribution is -2.46. The highest BCUT2D eigenvalue weighted by Crippen LogP contribution is 2.19. The second-order valence-electron chi connectivity index (χ2n) is 6.85. The molecule has 2 heterocycles. The maximum Gasteiger partial charge on any atom is 0.254 e. The molecule has 140 valence electrons. The van der Waals surface area contributed by atoms with Gasteiger partial charge in [-0.05, 0) is 42.8 Å². The summed E-state index contributed by atoms with van der Waals surface area (Å²) in [7, 11) is 1.66. The number of carbonyl (C=O) groups excluding carboxylic acids is 1. The smallest absolute Gasteiger partial charge is 0.254 e. The molecule has 1 aliphatic rings. The summed E-state index contributed by atoms with van der Waals surface area (Å²) in [4.78, 5) is 22.4. The van der Waals surface area contributed by atoms with Gasteiger partial charge in [0.25, 0.3) is 5.91 Å². The second kappa shape index (κ2) is 7.40. The average Bonchev–Trinajstić information content (AvgIpc) is 3.07. The normalized spacial score (nSPS) is 17.3. The minimum atomic E-state index is -0.00535. The minimum Gasteiger partial charge on any atom is -0.497 e. The molecule has 6 heteroatoms. The number of rotatable bonds is 4. The molecule has 1 unspecified atom stereocenters. The summed E-state index contributed by atoms with van der Waals surface area (Å²) in [6.45, 7) is 3.66. The number of fused-ring (bicyclic) bond motifs is 1. The molecule has 1 saturated heterocycles. The van der Waals surface area contributed by atoms with E-state index in [0.29, 0.717) is 25.3 Å². The van der Waals surface area contributed by atoms with Crippen LogP contribution in [-0.2, 0) is 11.2 Å². The van der Waals surface area contributed by atoms with Crippen LogP contribution in [0.2, 0.25) is 0 Å². The third-order valence-electron chi connectivity index (χ3n) is 4.90. The number of ether oxygens (including phenoxy) is 2. The Kier molecular flexibility index (Phi) is 4.81. The van der Waals surface area contributed by atoms with E-state index < -0.39 is 0 Å². The molecule has 1 N–H and O–H groups in total. The number of aromatic nitrogens is 2. The van der Waals surface area contributed by atoms with Crippen LogP contribution >= 0.6 is 0 Å². The van der Waals surface area contributed by atoms with Crippen molar-refractivity contribution in [1.29, 1.82) is 0 Å². The number of hydrogen-bond acceptors (Lipinski definition) is 4. The van der Waals surface area contributed by atoms with Crippen molar-refractivity contribution < 1.29 is 14.3 Å². The summed E-state index contributed by atoms with van der Waals surface area (Å²) in [5.41, 5.74) is 3.62. The number of morpholine rings is 1. The van der Waals surface area contributed by atoms with Gasteiger partial charge in [-0.15, -0.1) is 0 Å². The fourth-order valence-electron chi connectivity index (χ4n) is 3.50. The molecule has 1 amide bonds. The van der Waals surface area contributed by atoms with Crippen molar-refractivity contribution in [3.05, 3.63) is 59.4 Å². The van der Waals surface area contributed by atoms with Crippen molar-refractivity contribution in [1.82, 2.24) is 14.9 Å². The molecule has 0 radical (unpaired) electrons. The van der Waals surface area contributed by atoms with Crippen molar-refractivity contribution in [3.63, 3.8) is 0 Å². The first-order valence-corrected chi connectivity index (χ1v) is 9.12. The SMILES string of the molecule is COc1ccc(CC2CN(C(=O)c3ccc4nc(C)[nH]c4c3)CCO2)cc1. The number of amides is 1. The molecule has 2 aromatic carbocycles. The number of nitrogens with zero attached hydrogens (tertiary/aromatic N) is 2. The minimum absolute atomic E-state index is 0.00535. The van der Waals surface area contributed by atoms with Crippen LogP contribution in [0.1, 0.15) is 21.7 Å².